The fourth-order valence-corrected chi connectivity index (χ4v) is 7.53. The monoisotopic (exact) mass is 595 g/mol. The summed E-state index contributed by atoms with van der Waals surface area (Å²) in [7, 11) is 1.68. The summed E-state index contributed by atoms with van der Waals surface area (Å²) in [5.74, 6) is 1.78. The van der Waals surface area contributed by atoms with Gasteiger partial charge in [0.1, 0.15) is 24.4 Å². The Morgan fingerprint density at radius 1 is 1.00 bits per heavy atom. The molecule has 5 atom stereocenters. The highest BCUT2D eigenvalue weighted by Crippen LogP contribution is 2.49. The van der Waals surface area contributed by atoms with E-state index in [-0.39, 0.29) is 23.0 Å². The van der Waals surface area contributed by atoms with E-state index in [1.165, 1.54) is 16.3 Å². The Balaban J connectivity index is 0.00000289. The number of halogens is 1. The van der Waals surface area contributed by atoms with Crippen molar-refractivity contribution in [1.29, 1.82) is 0 Å². The van der Waals surface area contributed by atoms with E-state index in [0.29, 0.717) is 11.8 Å². The second kappa shape index (κ2) is 10.6. The molecule has 5 heterocycles. The zero-order valence-corrected chi connectivity index (χ0v) is 24.3. The minimum absolute atomic E-state index is 0. The van der Waals surface area contributed by atoms with Crippen molar-refractivity contribution in [2.45, 2.75) is 31.5 Å². The van der Waals surface area contributed by atoms with Crippen LogP contribution in [0.3, 0.4) is 0 Å². The van der Waals surface area contributed by atoms with E-state index in [1.54, 1.807) is 7.11 Å². The smallest absolute Gasteiger partial charge is 0.131 e. The fourth-order valence-electron chi connectivity index (χ4n) is 7.53. The molecule has 3 saturated heterocycles. The number of aromatic nitrogens is 2. The summed E-state index contributed by atoms with van der Waals surface area (Å²) in [6, 6.07) is 25.0. The number of hydrogen-bond acceptors (Lipinski definition) is 4. The van der Waals surface area contributed by atoms with Gasteiger partial charge in [-0.15, -0.1) is 6.58 Å². The van der Waals surface area contributed by atoms with Crippen molar-refractivity contribution in [1.82, 2.24) is 9.97 Å². The van der Waals surface area contributed by atoms with E-state index in [0.717, 1.165) is 70.2 Å². The molecule has 0 amide bonds. The number of pyridine rings is 2. The van der Waals surface area contributed by atoms with E-state index in [2.05, 4.69) is 66.2 Å². The Hall–Kier alpha value is -3.32. The van der Waals surface area contributed by atoms with Gasteiger partial charge in [-0.3, -0.25) is 4.98 Å². The summed E-state index contributed by atoms with van der Waals surface area (Å²) in [6.45, 7) is 7.12. The molecule has 0 aliphatic carbocycles. The number of para-hydroxylation sites is 2. The van der Waals surface area contributed by atoms with E-state index < -0.39 is 6.10 Å². The molecule has 204 valence electrons. The Morgan fingerprint density at radius 3 is 2.42 bits per heavy atom. The van der Waals surface area contributed by atoms with E-state index in [9.17, 15) is 5.11 Å². The van der Waals surface area contributed by atoms with Gasteiger partial charge in [-0.05, 0) is 47.9 Å². The molecule has 3 aliphatic rings. The number of aliphatic hydroxyl groups excluding tert-OH is 1. The van der Waals surface area contributed by atoms with Crippen molar-refractivity contribution in [2.75, 3.05) is 20.2 Å². The third-order valence-corrected chi connectivity index (χ3v) is 9.51. The first kappa shape index (κ1) is 26.9. The van der Waals surface area contributed by atoms with Gasteiger partial charge in [0.15, 0.2) is 0 Å². The van der Waals surface area contributed by atoms with Crippen LogP contribution in [0.15, 0.2) is 91.6 Å². The zero-order valence-electron chi connectivity index (χ0n) is 22.7. The third-order valence-electron chi connectivity index (χ3n) is 9.51. The molecule has 0 radical (unpaired) electrons. The van der Waals surface area contributed by atoms with Crippen LogP contribution in [0.1, 0.15) is 30.1 Å². The molecule has 3 aromatic carbocycles. The first-order valence-corrected chi connectivity index (χ1v) is 14.0. The molecule has 0 unspecified atom stereocenters. The number of methoxy groups -OCH3 is 1. The van der Waals surface area contributed by atoms with E-state index in [1.807, 2.05) is 30.5 Å². The minimum atomic E-state index is -0.615. The fraction of sp³-hybridized carbons (Fsp3) is 0.294. The molecule has 6 heteroatoms. The van der Waals surface area contributed by atoms with Gasteiger partial charge in [-0.2, -0.15) is 0 Å². The molecule has 3 aliphatic heterocycles. The van der Waals surface area contributed by atoms with Crippen molar-refractivity contribution in [3.63, 3.8) is 0 Å². The van der Waals surface area contributed by atoms with Crippen molar-refractivity contribution in [3.8, 4) is 5.75 Å². The number of aliphatic hydroxyl groups is 1. The summed E-state index contributed by atoms with van der Waals surface area (Å²) in [5, 5.41) is 15.6. The molecular formula is C34H34BrN3O2. The van der Waals surface area contributed by atoms with Crippen LogP contribution in [0, 0.1) is 11.8 Å². The lowest BCUT2D eigenvalue weighted by molar-refractivity contribution is -0.984. The Kier molecular flexibility index (Phi) is 7.11. The number of quaternary nitrogens is 1. The van der Waals surface area contributed by atoms with Gasteiger partial charge in [0.05, 0.1) is 36.7 Å². The number of hydrogen-bond donors (Lipinski definition) is 1. The second-order valence-electron chi connectivity index (χ2n) is 11.4. The third kappa shape index (κ3) is 4.30. The maximum Gasteiger partial charge on any atom is 0.131 e. The molecular weight excluding hydrogens is 562 g/mol. The second-order valence-corrected chi connectivity index (χ2v) is 11.4. The Labute approximate surface area is 245 Å². The van der Waals surface area contributed by atoms with Crippen LogP contribution in [-0.4, -0.2) is 45.8 Å². The van der Waals surface area contributed by atoms with Crippen molar-refractivity contribution >= 4 is 32.7 Å². The SMILES string of the molecule is C=C[C@H]1C[N@+]2(Cc3c4ccccc4nc4ccccc34)CC[C@H]1C[C@H]2[C@H](O)c1ccnc2ccc(OC)cc12.[Br-]. The van der Waals surface area contributed by atoms with Gasteiger partial charge in [0.2, 0.25) is 0 Å². The Bertz CT molecular complexity index is 1670. The lowest BCUT2D eigenvalue weighted by Gasteiger charge is -2.58. The summed E-state index contributed by atoms with van der Waals surface area (Å²) in [5.41, 5.74) is 5.21. The maximum absolute atomic E-state index is 12.2. The van der Waals surface area contributed by atoms with Crippen molar-refractivity contribution in [2.24, 2.45) is 11.8 Å². The highest BCUT2D eigenvalue weighted by Gasteiger charge is 2.54. The topological polar surface area (TPSA) is 55.2 Å². The summed E-state index contributed by atoms with van der Waals surface area (Å²) < 4.78 is 6.38. The Morgan fingerprint density at radius 2 is 1.73 bits per heavy atom. The molecule has 5 aromatic rings. The number of fused-ring (bicyclic) bond motifs is 6. The van der Waals surface area contributed by atoms with Crippen LogP contribution in [0.25, 0.3) is 32.7 Å². The van der Waals surface area contributed by atoms with Crippen LogP contribution in [0.4, 0.5) is 0 Å². The first-order chi connectivity index (χ1) is 19.1. The maximum atomic E-state index is 12.2. The van der Waals surface area contributed by atoms with Crippen LogP contribution in [0.5, 0.6) is 5.75 Å². The number of ether oxygens (including phenoxy) is 1. The van der Waals surface area contributed by atoms with Crippen LogP contribution >= 0.6 is 0 Å². The number of benzene rings is 3. The van der Waals surface area contributed by atoms with E-state index >= 15 is 0 Å². The lowest BCUT2D eigenvalue weighted by atomic mass is 9.71. The van der Waals surface area contributed by atoms with Gasteiger partial charge in [-0.25, -0.2) is 4.98 Å². The van der Waals surface area contributed by atoms with Crippen LogP contribution in [0.2, 0.25) is 0 Å². The molecule has 2 bridgehead atoms. The number of nitrogens with zero attached hydrogens (tertiary/aromatic N) is 3. The molecule has 8 rings (SSSR count). The largest absolute Gasteiger partial charge is 1.00 e. The van der Waals surface area contributed by atoms with Crippen LogP contribution in [-0.2, 0) is 6.54 Å². The minimum Gasteiger partial charge on any atom is -1.00 e. The molecule has 40 heavy (non-hydrogen) atoms. The summed E-state index contributed by atoms with van der Waals surface area (Å²) >= 11 is 0. The molecule has 0 spiro atoms. The molecule has 2 aromatic heterocycles. The predicted octanol–water partition coefficient (Wildman–Crippen LogP) is 3.59. The van der Waals surface area contributed by atoms with Crippen LogP contribution < -0.4 is 21.7 Å². The summed E-state index contributed by atoms with van der Waals surface area (Å²) in [6.07, 6.45) is 5.51. The molecule has 0 saturated carbocycles. The molecule has 5 nitrogen and oxygen atoms in total. The van der Waals surface area contributed by atoms with E-state index in [4.69, 9.17) is 9.72 Å². The quantitative estimate of drug-likeness (QED) is 0.185. The zero-order chi connectivity index (χ0) is 26.6. The van der Waals surface area contributed by atoms with Gasteiger partial charge in [0.25, 0.3) is 0 Å². The standard InChI is InChI=1S/C34H34N3O2.BrH/c1-3-22-20-37(21-29-25-8-4-6-10-31(25)36-32-11-7-5-9-26(29)32)17-15-23(22)18-33(37)34(38)27-14-16-35-30-13-12-24(39-2)19-28(27)30;/h3-14,16,19,22-23,33-34,38H,1,15,17-18,20-21H2,2H3;1H/q+1;/p-1/t22-,23-,33-,34+,37-;/m0./s1. The normalized spacial score (nSPS) is 24.6. The van der Waals surface area contributed by atoms with Gasteiger partial charge in [-0.1, -0.05) is 42.5 Å². The number of rotatable bonds is 6. The summed E-state index contributed by atoms with van der Waals surface area (Å²) in [4.78, 5) is 9.56. The molecule has 3 fully saturated rings. The number of piperidine rings is 3. The van der Waals surface area contributed by atoms with Crippen molar-refractivity contribution < 1.29 is 31.3 Å². The highest BCUT2D eigenvalue weighted by molar-refractivity contribution is 5.97. The average molecular weight is 597 g/mol. The van der Waals surface area contributed by atoms with Gasteiger partial charge in [0, 0.05) is 46.7 Å². The van der Waals surface area contributed by atoms with Gasteiger partial charge >= 0.3 is 0 Å². The highest BCUT2D eigenvalue weighted by atomic mass is 79.9. The van der Waals surface area contributed by atoms with Crippen molar-refractivity contribution in [3.05, 3.63) is 103 Å². The first-order valence-electron chi connectivity index (χ1n) is 14.0. The average Bonchev–Trinajstić information content (AvgIpc) is 3.00. The lowest BCUT2D eigenvalue weighted by Crippen LogP contribution is -3.00. The molecule has 1 N–H and O–H groups in total. The predicted molar refractivity (Wildman–Crippen MR) is 156 cm³/mol. The van der Waals surface area contributed by atoms with Gasteiger partial charge < -0.3 is 31.3 Å².